The molecule has 0 spiro atoms. The normalized spacial score (nSPS) is 15.0. The average Bonchev–Trinajstić information content (AvgIpc) is 3.16. The number of benzene rings is 1. The van der Waals surface area contributed by atoms with Crippen LogP contribution in [0.3, 0.4) is 0 Å². The maximum absolute atomic E-state index is 12.6. The van der Waals surface area contributed by atoms with E-state index in [-0.39, 0.29) is 47.3 Å². The molecular formula is C31H41BrN4O5S. The molecule has 0 atom stereocenters. The highest BCUT2D eigenvalue weighted by molar-refractivity contribution is 9.10. The van der Waals surface area contributed by atoms with E-state index in [9.17, 15) is 18.0 Å². The monoisotopic (exact) mass is 660 g/mol. The molecule has 9 nitrogen and oxygen atoms in total. The maximum atomic E-state index is 12.6. The first-order chi connectivity index (χ1) is 20.1. The van der Waals surface area contributed by atoms with Crippen molar-refractivity contribution in [1.82, 2.24) is 15.1 Å². The van der Waals surface area contributed by atoms with Gasteiger partial charge in [-0.05, 0) is 56.9 Å². The summed E-state index contributed by atoms with van der Waals surface area (Å²) in [6.07, 6.45) is 20.1. The summed E-state index contributed by atoms with van der Waals surface area (Å²) >= 11 is 3.24. The van der Waals surface area contributed by atoms with Crippen LogP contribution in [0.5, 0.6) is 0 Å². The molecule has 0 aliphatic heterocycles. The standard InChI is InChI=1S/C19H23BrN4O4S.C8H10O.C4H8/c1-13(25)17-11-18(23-29(27,28)16-9-5-6-14(20)10-16)22-24(17)12-19(26)21-15-7-3-2-4-8-15;9-7-8-5-3-1-2-4-6-8;1-3-4-2/h5-6,9-11,15H,2-4,7-8,12H2,1H3,(H,21,26)(H,22,23);1-3,5-6,9H,4,7H2;3-4H,1-2H3/b;;4-3-. The number of aromatic nitrogens is 2. The van der Waals surface area contributed by atoms with Crippen molar-refractivity contribution in [3.63, 3.8) is 0 Å². The molecule has 1 fully saturated rings. The number of anilines is 1. The molecule has 1 heterocycles. The predicted molar refractivity (Wildman–Crippen MR) is 171 cm³/mol. The van der Waals surface area contributed by atoms with Crippen LogP contribution >= 0.6 is 15.9 Å². The number of Topliss-reactive ketones (excluding diaryl/α,β-unsaturated/α-hetero) is 1. The van der Waals surface area contributed by atoms with Crippen LogP contribution in [0, 0.1) is 0 Å². The van der Waals surface area contributed by atoms with Gasteiger partial charge in [-0.25, -0.2) is 8.42 Å². The summed E-state index contributed by atoms with van der Waals surface area (Å²) in [5, 5.41) is 15.8. The summed E-state index contributed by atoms with van der Waals surface area (Å²) < 4.78 is 29.4. The third-order valence-electron chi connectivity index (χ3n) is 6.34. The number of aliphatic hydroxyl groups is 1. The molecule has 4 rings (SSSR count). The molecule has 3 N–H and O–H groups in total. The third kappa shape index (κ3) is 12.3. The highest BCUT2D eigenvalue weighted by Crippen LogP contribution is 2.20. The van der Waals surface area contributed by atoms with E-state index < -0.39 is 10.0 Å². The Morgan fingerprint density at radius 1 is 1.12 bits per heavy atom. The summed E-state index contributed by atoms with van der Waals surface area (Å²) in [5.41, 5.74) is 1.16. The van der Waals surface area contributed by atoms with Gasteiger partial charge in [-0.2, -0.15) is 5.10 Å². The smallest absolute Gasteiger partial charge is 0.263 e. The lowest BCUT2D eigenvalue weighted by Gasteiger charge is -2.22. The molecule has 1 aromatic carbocycles. The second-order valence-corrected chi connectivity index (χ2v) is 12.3. The van der Waals surface area contributed by atoms with Crippen LogP contribution in [-0.2, 0) is 21.4 Å². The molecule has 1 amide bonds. The molecular weight excluding hydrogens is 620 g/mol. The zero-order valence-corrected chi connectivity index (χ0v) is 26.8. The van der Waals surface area contributed by atoms with Crippen molar-refractivity contribution in [1.29, 1.82) is 0 Å². The second-order valence-electron chi connectivity index (χ2n) is 9.72. The Bertz CT molecular complexity index is 1400. The Morgan fingerprint density at radius 3 is 2.45 bits per heavy atom. The van der Waals surface area contributed by atoms with Gasteiger partial charge in [0.05, 0.1) is 11.5 Å². The Hall–Kier alpha value is -3.28. The third-order valence-corrected chi connectivity index (χ3v) is 8.18. The maximum Gasteiger partial charge on any atom is 0.263 e. The Kier molecular flexibility index (Phi) is 15.2. The van der Waals surface area contributed by atoms with Gasteiger partial charge in [0.2, 0.25) is 5.91 Å². The van der Waals surface area contributed by atoms with E-state index in [4.69, 9.17) is 5.11 Å². The largest absolute Gasteiger partial charge is 0.392 e. The Morgan fingerprint density at radius 2 is 1.83 bits per heavy atom. The van der Waals surface area contributed by atoms with E-state index in [0.717, 1.165) is 37.7 Å². The first kappa shape index (κ1) is 34.9. The van der Waals surface area contributed by atoms with Gasteiger partial charge in [0.15, 0.2) is 11.6 Å². The van der Waals surface area contributed by atoms with Gasteiger partial charge in [-0.15, -0.1) is 0 Å². The predicted octanol–water partition coefficient (Wildman–Crippen LogP) is 6.10. The molecule has 1 saturated carbocycles. The molecule has 2 aliphatic rings. The molecule has 0 unspecified atom stereocenters. The van der Waals surface area contributed by atoms with Crippen LogP contribution in [-0.4, -0.2) is 47.6 Å². The topological polar surface area (TPSA) is 130 Å². The second kappa shape index (κ2) is 18.3. The van der Waals surface area contributed by atoms with Crippen LogP contribution in [0.2, 0.25) is 0 Å². The molecule has 1 aromatic heterocycles. The number of hydrogen-bond donors (Lipinski definition) is 3. The van der Waals surface area contributed by atoms with Crippen molar-refractivity contribution in [2.24, 2.45) is 0 Å². The van der Waals surface area contributed by atoms with E-state index in [0.29, 0.717) is 4.47 Å². The molecule has 2 aliphatic carbocycles. The highest BCUT2D eigenvalue weighted by atomic mass is 79.9. The average molecular weight is 662 g/mol. The number of halogens is 1. The van der Waals surface area contributed by atoms with E-state index >= 15 is 0 Å². The van der Waals surface area contributed by atoms with Gasteiger partial charge in [-0.3, -0.25) is 19.0 Å². The summed E-state index contributed by atoms with van der Waals surface area (Å²) in [4.78, 5) is 24.4. The van der Waals surface area contributed by atoms with E-state index in [1.165, 1.54) is 36.2 Å². The van der Waals surface area contributed by atoms with Crippen LogP contribution < -0.4 is 10.0 Å². The number of hydrogen-bond acceptors (Lipinski definition) is 6. The van der Waals surface area contributed by atoms with Crippen LogP contribution in [0.4, 0.5) is 5.82 Å². The molecule has 11 heteroatoms. The quantitative estimate of drug-likeness (QED) is 0.232. The van der Waals surface area contributed by atoms with Crippen molar-refractivity contribution in [3.05, 3.63) is 88.6 Å². The lowest BCUT2D eigenvalue weighted by atomic mass is 9.95. The number of ketones is 1. The minimum atomic E-state index is -3.88. The molecule has 228 valence electrons. The van der Waals surface area contributed by atoms with Crippen LogP contribution in [0.1, 0.15) is 69.8 Å². The zero-order chi connectivity index (χ0) is 31.0. The summed E-state index contributed by atoms with van der Waals surface area (Å²) in [5.74, 6) is -0.569. The van der Waals surface area contributed by atoms with Crippen molar-refractivity contribution in [3.8, 4) is 0 Å². The number of carbonyl (C=O) groups is 2. The van der Waals surface area contributed by atoms with Crippen molar-refractivity contribution < 1.29 is 23.1 Å². The lowest BCUT2D eigenvalue weighted by Crippen LogP contribution is -2.38. The van der Waals surface area contributed by atoms with E-state index in [1.807, 2.05) is 50.3 Å². The van der Waals surface area contributed by atoms with Crippen LogP contribution in [0.15, 0.2) is 87.8 Å². The summed E-state index contributed by atoms with van der Waals surface area (Å²) in [6, 6.07) is 7.71. The number of allylic oxidation sites excluding steroid dienone is 6. The molecule has 0 bridgehead atoms. The Balaban J connectivity index is 0.000000392. The van der Waals surface area contributed by atoms with Gasteiger partial charge in [-0.1, -0.05) is 83.8 Å². The summed E-state index contributed by atoms with van der Waals surface area (Å²) in [7, 11) is -3.88. The number of aliphatic hydroxyl groups excluding tert-OH is 1. The molecule has 0 saturated heterocycles. The zero-order valence-electron chi connectivity index (χ0n) is 24.4. The lowest BCUT2D eigenvalue weighted by molar-refractivity contribution is -0.122. The first-order valence-electron chi connectivity index (χ1n) is 14.0. The number of nitrogens with zero attached hydrogens (tertiary/aromatic N) is 2. The SMILES string of the molecule is C/C=C\C.CC(=O)c1cc(NS(=O)(=O)c2cccc(Br)c2)nn1CC(=O)NC1CCCCC1.OCC1=CCC=CC=C1. The van der Waals surface area contributed by atoms with Gasteiger partial charge in [0, 0.05) is 23.5 Å². The number of nitrogens with one attached hydrogen (secondary N) is 2. The fourth-order valence-electron chi connectivity index (χ4n) is 4.10. The first-order valence-corrected chi connectivity index (χ1v) is 16.2. The fourth-order valence-corrected chi connectivity index (χ4v) is 5.68. The number of sulfonamides is 1. The van der Waals surface area contributed by atoms with E-state index in [1.54, 1.807) is 12.1 Å². The molecule has 2 aromatic rings. The minimum absolute atomic E-state index is 0.0133. The molecule has 42 heavy (non-hydrogen) atoms. The number of rotatable bonds is 8. The van der Waals surface area contributed by atoms with Gasteiger partial charge in [0.25, 0.3) is 10.0 Å². The highest BCUT2D eigenvalue weighted by Gasteiger charge is 2.21. The van der Waals surface area contributed by atoms with Crippen molar-refractivity contribution in [2.45, 2.75) is 76.8 Å². The number of amides is 1. The Labute approximate surface area is 257 Å². The van der Waals surface area contributed by atoms with Crippen molar-refractivity contribution in [2.75, 3.05) is 11.3 Å². The van der Waals surface area contributed by atoms with Gasteiger partial charge in [0.1, 0.15) is 12.2 Å². The van der Waals surface area contributed by atoms with Gasteiger partial charge < -0.3 is 10.4 Å². The number of carbonyl (C=O) groups excluding carboxylic acids is 2. The molecule has 0 radical (unpaired) electrons. The summed E-state index contributed by atoms with van der Waals surface area (Å²) in [6.45, 7) is 5.35. The minimum Gasteiger partial charge on any atom is -0.392 e. The van der Waals surface area contributed by atoms with Crippen molar-refractivity contribution >= 4 is 43.5 Å². The van der Waals surface area contributed by atoms with E-state index in [2.05, 4.69) is 37.1 Å². The fraction of sp³-hybridized carbons (Fsp3) is 0.387. The van der Waals surface area contributed by atoms with Crippen LogP contribution in [0.25, 0.3) is 0 Å². The van der Waals surface area contributed by atoms with Gasteiger partial charge >= 0.3 is 0 Å².